The van der Waals surface area contributed by atoms with Crippen molar-refractivity contribution in [2.75, 3.05) is 33.4 Å². The summed E-state index contributed by atoms with van der Waals surface area (Å²) in [6.07, 6.45) is 3.86. The van der Waals surface area contributed by atoms with E-state index in [9.17, 15) is 0 Å². The van der Waals surface area contributed by atoms with Crippen molar-refractivity contribution >= 4 is 0 Å². The fraction of sp³-hybridized carbons (Fsp3) is 0.833. The largest absolute Gasteiger partial charge is 0.380 e. The van der Waals surface area contributed by atoms with Gasteiger partial charge in [0.2, 0.25) is 0 Å². The summed E-state index contributed by atoms with van der Waals surface area (Å²) in [6, 6.07) is 1.38. The normalized spacial score (nSPS) is 26.1. The number of hydrogen-bond donors (Lipinski definition) is 1. The minimum absolute atomic E-state index is 0.600. The summed E-state index contributed by atoms with van der Waals surface area (Å²) in [5, 5.41) is 3.49. The van der Waals surface area contributed by atoms with Crippen molar-refractivity contribution in [1.29, 1.82) is 0 Å². The average Bonchev–Trinajstić information content (AvgIpc) is 2.87. The first kappa shape index (κ1) is 11.1. The summed E-state index contributed by atoms with van der Waals surface area (Å²) in [6.45, 7) is 7.90. The van der Waals surface area contributed by atoms with Crippen molar-refractivity contribution in [3.8, 4) is 0 Å². The van der Waals surface area contributed by atoms with Crippen LogP contribution in [0.5, 0.6) is 0 Å². The zero-order valence-corrected chi connectivity index (χ0v) is 9.67. The predicted octanol–water partition coefficient (Wildman–Crippen LogP) is 1.02. The zero-order chi connectivity index (χ0) is 10.7. The molecule has 0 aromatic carbocycles. The van der Waals surface area contributed by atoms with Gasteiger partial charge in [-0.1, -0.05) is 6.58 Å². The minimum Gasteiger partial charge on any atom is -0.380 e. The van der Waals surface area contributed by atoms with Gasteiger partial charge in [0.05, 0.1) is 6.61 Å². The molecular formula is C12H22N2O. The molecule has 0 aromatic rings. The Morgan fingerprint density at radius 1 is 1.47 bits per heavy atom. The van der Waals surface area contributed by atoms with Crippen LogP contribution in [-0.2, 0) is 4.74 Å². The van der Waals surface area contributed by atoms with Gasteiger partial charge in [0.1, 0.15) is 0 Å². The van der Waals surface area contributed by atoms with Crippen LogP contribution in [0.25, 0.3) is 0 Å². The fourth-order valence-corrected chi connectivity index (χ4v) is 1.98. The van der Waals surface area contributed by atoms with Gasteiger partial charge in [-0.2, -0.15) is 0 Å². The lowest BCUT2D eigenvalue weighted by Crippen LogP contribution is -2.35. The van der Waals surface area contributed by atoms with Crippen LogP contribution < -0.4 is 5.32 Å². The van der Waals surface area contributed by atoms with Crippen LogP contribution in [0.1, 0.15) is 19.3 Å². The van der Waals surface area contributed by atoms with E-state index < -0.39 is 0 Å². The third kappa shape index (κ3) is 3.59. The summed E-state index contributed by atoms with van der Waals surface area (Å²) in [5.41, 5.74) is 1.29. The number of nitrogens with zero attached hydrogens (tertiary/aromatic N) is 1. The molecule has 0 amide bonds. The van der Waals surface area contributed by atoms with E-state index in [1.165, 1.54) is 24.8 Å². The Morgan fingerprint density at radius 2 is 2.27 bits per heavy atom. The minimum atomic E-state index is 0.600. The molecule has 2 aliphatic rings. The van der Waals surface area contributed by atoms with E-state index in [1.54, 1.807) is 0 Å². The highest BCUT2D eigenvalue weighted by atomic mass is 16.5. The molecule has 0 aromatic heterocycles. The summed E-state index contributed by atoms with van der Waals surface area (Å²) in [5.74, 6) is 0. The third-order valence-corrected chi connectivity index (χ3v) is 3.22. The van der Waals surface area contributed by atoms with Crippen molar-refractivity contribution in [1.82, 2.24) is 10.2 Å². The molecule has 3 nitrogen and oxygen atoms in total. The molecule has 86 valence electrons. The predicted molar refractivity (Wildman–Crippen MR) is 62.0 cm³/mol. The molecular weight excluding hydrogens is 188 g/mol. The molecule has 2 rings (SSSR count). The SMILES string of the molecule is C=C(CNC1CC1)CN(C)C1CCOC1. The first-order valence-corrected chi connectivity index (χ1v) is 5.93. The zero-order valence-electron chi connectivity index (χ0n) is 9.67. The smallest absolute Gasteiger partial charge is 0.0622 e. The van der Waals surface area contributed by atoms with Crippen molar-refractivity contribution in [2.24, 2.45) is 0 Å². The average molecular weight is 210 g/mol. The van der Waals surface area contributed by atoms with Gasteiger partial charge in [-0.15, -0.1) is 0 Å². The first-order valence-electron chi connectivity index (χ1n) is 5.93. The van der Waals surface area contributed by atoms with Crippen molar-refractivity contribution in [2.45, 2.75) is 31.3 Å². The fourth-order valence-electron chi connectivity index (χ4n) is 1.98. The van der Waals surface area contributed by atoms with E-state index in [0.29, 0.717) is 6.04 Å². The van der Waals surface area contributed by atoms with Gasteiger partial charge in [0.25, 0.3) is 0 Å². The number of ether oxygens (including phenoxy) is 1. The van der Waals surface area contributed by atoms with Gasteiger partial charge in [0, 0.05) is 31.8 Å². The number of likely N-dealkylation sites (N-methyl/N-ethyl adjacent to an activating group) is 1. The molecule has 0 spiro atoms. The monoisotopic (exact) mass is 210 g/mol. The van der Waals surface area contributed by atoms with Gasteiger partial charge < -0.3 is 10.1 Å². The molecule has 2 fully saturated rings. The van der Waals surface area contributed by atoms with E-state index in [1.807, 2.05) is 0 Å². The van der Waals surface area contributed by atoms with Crippen LogP contribution in [0.4, 0.5) is 0 Å². The standard InChI is InChI=1S/C12H22N2O/c1-10(7-13-11-3-4-11)8-14(2)12-5-6-15-9-12/h11-13H,1,3-9H2,2H3. The molecule has 1 N–H and O–H groups in total. The van der Waals surface area contributed by atoms with Crippen molar-refractivity contribution in [3.05, 3.63) is 12.2 Å². The van der Waals surface area contributed by atoms with Crippen molar-refractivity contribution in [3.63, 3.8) is 0 Å². The summed E-state index contributed by atoms with van der Waals surface area (Å²) >= 11 is 0. The Hall–Kier alpha value is -0.380. The Kier molecular flexibility index (Phi) is 3.78. The molecule has 1 atom stereocenters. The molecule has 1 saturated carbocycles. The third-order valence-electron chi connectivity index (χ3n) is 3.22. The molecule has 1 heterocycles. The van der Waals surface area contributed by atoms with E-state index in [4.69, 9.17) is 4.74 Å². The Bertz CT molecular complexity index is 220. The number of nitrogens with one attached hydrogen (secondary N) is 1. The van der Waals surface area contributed by atoms with Gasteiger partial charge in [-0.3, -0.25) is 4.90 Å². The molecule has 0 radical (unpaired) electrons. The lowest BCUT2D eigenvalue weighted by molar-refractivity contribution is 0.163. The van der Waals surface area contributed by atoms with Crippen LogP contribution in [0, 0.1) is 0 Å². The highest BCUT2D eigenvalue weighted by Crippen LogP contribution is 2.18. The quantitative estimate of drug-likeness (QED) is 0.662. The summed E-state index contributed by atoms with van der Waals surface area (Å²) in [7, 11) is 2.17. The van der Waals surface area contributed by atoms with E-state index in [0.717, 1.165) is 32.3 Å². The van der Waals surface area contributed by atoms with Crippen LogP contribution in [-0.4, -0.2) is 50.3 Å². The van der Waals surface area contributed by atoms with Gasteiger partial charge in [-0.25, -0.2) is 0 Å². The Balaban J connectivity index is 1.62. The molecule has 0 bridgehead atoms. The second-order valence-corrected chi connectivity index (χ2v) is 4.84. The lowest BCUT2D eigenvalue weighted by Gasteiger charge is -2.23. The molecule has 3 heteroatoms. The van der Waals surface area contributed by atoms with E-state index in [2.05, 4.69) is 23.8 Å². The van der Waals surface area contributed by atoms with Crippen LogP contribution in [0.2, 0.25) is 0 Å². The van der Waals surface area contributed by atoms with Crippen LogP contribution in [0.3, 0.4) is 0 Å². The van der Waals surface area contributed by atoms with Crippen LogP contribution in [0.15, 0.2) is 12.2 Å². The number of hydrogen-bond acceptors (Lipinski definition) is 3. The van der Waals surface area contributed by atoms with E-state index >= 15 is 0 Å². The molecule has 15 heavy (non-hydrogen) atoms. The maximum absolute atomic E-state index is 5.38. The maximum Gasteiger partial charge on any atom is 0.0622 e. The second-order valence-electron chi connectivity index (χ2n) is 4.84. The molecule has 1 aliphatic heterocycles. The Morgan fingerprint density at radius 3 is 2.87 bits per heavy atom. The Labute approximate surface area is 92.5 Å². The highest BCUT2D eigenvalue weighted by Gasteiger charge is 2.22. The second kappa shape index (κ2) is 5.10. The highest BCUT2D eigenvalue weighted by molar-refractivity contribution is 5.02. The van der Waals surface area contributed by atoms with Gasteiger partial charge in [0.15, 0.2) is 0 Å². The molecule has 1 saturated heterocycles. The molecule has 1 unspecified atom stereocenters. The lowest BCUT2D eigenvalue weighted by atomic mass is 10.2. The number of rotatable bonds is 6. The molecule has 1 aliphatic carbocycles. The van der Waals surface area contributed by atoms with Gasteiger partial charge >= 0.3 is 0 Å². The summed E-state index contributed by atoms with van der Waals surface area (Å²) in [4.78, 5) is 2.36. The maximum atomic E-state index is 5.38. The van der Waals surface area contributed by atoms with Crippen LogP contribution >= 0.6 is 0 Å². The van der Waals surface area contributed by atoms with Crippen molar-refractivity contribution < 1.29 is 4.74 Å². The first-order chi connectivity index (χ1) is 7.25. The van der Waals surface area contributed by atoms with E-state index in [-0.39, 0.29) is 0 Å². The summed E-state index contributed by atoms with van der Waals surface area (Å²) < 4.78 is 5.38. The van der Waals surface area contributed by atoms with Gasteiger partial charge in [-0.05, 0) is 31.9 Å². The topological polar surface area (TPSA) is 24.5 Å².